The summed E-state index contributed by atoms with van der Waals surface area (Å²) >= 11 is 0. The number of carbonyl (C=O) groups is 3. The zero-order valence-electron chi connectivity index (χ0n) is 16.9. The minimum Gasteiger partial charge on any atom is -0.497 e. The van der Waals surface area contributed by atoms with Crippen LogP contribution in [0.15, 0.2) is 24.3 Å². The second-order valence-corrected chi connectivity index (χ2v) is 6.51. The molecule has 0 aromatic heterocycles. The highest BCUT2D eigenvalue weighted by atomic mass is 16.7. The second kappa shape index (κ2) is 10.7. The number of hydrogen-bond acceptors (Lipinski definition) is 9. The normalized spacial score (nSPS) is 23.2. The van der Waals surface area contributed by atoms with Crippen molar-refractivity contribution in [2.24, 2.45) is 5.92 Å². The van der Waals surface area contributed by atoms with E-state index in [4.69, 9.17) is 28.4 Å². The van der Waals surface area contributed by atoms with E-state index in [9.17, 15) is 14.4 Å². The topological polar surface area (TPSA) is 107 Å². The lowest BCUT2D eigenvalue weighted by molar-refractivity contribution is -0.196. The van der Waals surface area contributed by atoms with Gasteiger partial charge in [0.05, 0.1) is 13.7 Å². The van der Waals surface area contributed by atoms with Crippen LogP contribution in [0.2, 0.25) is 0 Å². The second-order valence-electron chi connectivity index (χ2n) is 6.51. The van der Waals surface area contributed by atoms with Crippen LogP contribution in [-0.4, -0.2) is 56.7 Å². The highest BCUT2D eigenvalue weighted by molar-refractivity contribution is 5.67. The molecule has 0 spiro atoms. The lowest BCUT2D eigenvalue weighted by Crippen LogP contribution is -2.36. The van der Waals surface area contributed by atoms with E-state index >= 15 is 0 Å². The summed E-state index contributed by atoms with van der Waals surface area (Å²) < 4.78 is 32.1. The van der Waals surface area contributed by atoms with Crippen LogP contribution in [0.25, 0.3) is 0 Å². The lowest BCUT2D eigenvalue weighted by atomic mass is 9.95. The van der Waals surface area contributed by atoms with Gasteiger partial charge < -0.3 is 28.4 Å². The minimum atomic E-state index is -1.08. The van der Waals surface area contributed by atoms with Crippen LogP contribution in [-0.2, 0) is 33.3 Å². The Hall–Kier alpha value is -2.81. The summed E-state index contributed by atoms with van der Waals surface area (Å²) in [4.78, 5) is 34.2. The van der Waals surface area contributed by atoms with Crippen LogP contribution in [0.1, 0.15) is 27.2 Å². The molecule has 9 heteroatoms. The van der Waals surface area contributed by atoms with Crippen molar-refractivity contribution in [3.63, 3.8) is 0 Å². The average Bonchev–Trinajstić information content (AvgIpc) is 2.96. The number of esters is 3. The molecule has 29 heavy (non-hydrogen) atoms. The summed E-state index contributed by atoms with van der Waals surface area (Å²) in [5, 5.41) is 0. The highest BCUT2D eigenvalue weighted by Crippen LogP contribution is 2.34. The SMILES string of the molecule is COc1ccc(OCC[C@H]2[C@@H](OC(C)=O)[C@@H](OC(C)=O)O[C@@H]2COC(C)=O)cc1. The Balaban J connectivity index is 2.07. The molecule has 2 rings (SSSR count). The predicted octanol–water partition coefficient (Wildman–Crippen LogP) is 1.86. The molecule has 0 bridgehead atoms. The van der Waals surface area contributed by atoms with Crippen molar-refractivity contribution < 1.29 is 42.8 Å². The Morgan fingerprint density at radius 2 is 1.55 bits per heavy atom. The molecule has 1 aliphatic heterocycles. The molecule has 1 fully saturated rings. The largest absolute Gasteiger partial charge is 0.497 e. The average molecular weight is 410 g/mol. The molecular formula is C20H26O9. The van der Waals surface area contributed by atoms with Gasteiger partial charge in [-0.3, -0.25) is 14.4 Å². The van der Waals surface area contributed by atoms with Crippen molar-refractivity contribution in [3.05, 3.63) is 24.3 Å². The molecule has 9 nitrogen and oxygen atoms in total. The first kappa shape index (κ1) is 22.5. The molecule has 0 aliphatic carbocycles. The Labute approximate surface area is 169 Å². The predicted molar refractivity (Wildman–Crippen MR) is 99.2 cm³/mol. The Kier molecular flexibility index (Phi) is 8.26. The summed E-state index contributed by atoms with van der Waals surface area (Å²) in [5.74, 6) is -0.634. The first-order valence-corrected chi connectivity index (χ1v) is 9.20. The molecule has 1 aromatic carbocycles. The number of rotatable bonds is 9. The van der Waals surface area contributed by atoms with E-state index in [1.165, 1.54) is 20.8 Å². The van der Waals surface area contributed by atoms with E-state index in [0.717, 1.165) is 0 Å². The molecule has 1 aliphatic rings. The van der Waals surface area contributed by atoms with Crippen molar-refractivity contribution in [1.82, 2.24) is 0 Å². The number of hydrogen-bond donors (Lipinski definition) is 0. The van der Waals surface area contributed by atoms with Crippen LogP contribution in [0.3, 0.4) is 0 Å². The fourth-order valence-electron chi connectivity index (χ4n) is 3.05. The molecule has 1 saturated heterocycles. The van der Waals surface area contributed by atoms with Gasteiger partial charge in [-0.25, -0.2) is 0 Å². The van der Waals surface area contributed by atoms with Gasteiger partial charge in [0, 0.05) is 26.7 Å². The molecule has 0 amide bonds. The van der Waals surface area contributed by atoms with Crippen molar-refractivity contribution in [3.8, 4) is 11.5 Å². The Bertz CT molecular complexity index is 700. The summed E-state index contributed by atoms with van der Waals surface area (Å²) in [6.07, 6.45) is -2.13. The highest BCUT2D eigenvalue weighted by Gasteiger charge is 2.48. The van der Waals surface area contributed by atoms with Gasteiger partial charge in [0.15, 0.2) is 6.10 Å². The van der Waals surface area contributed by atoms with Crippen LogP contribution in [0.4, 0.5) is 0 Å². The van der Waals surface area contributed by atoms with Gasteiger partial charge in [-0.2, -0.15) is 0 Å². The van der Waals surface area contributed by atoms with E-state index in [1.54, 1.807) is 31.4 Å². The molecule has 0 saturated carbocycles. The Morgan fingerprint density at radius 1 is 0.931 bits per heavy atom. The van der Waals surface area contributed by atoms with E-state index in [-0.39, 0.29) is 13.2 Å². The zero-order chi connectivity index (χ0) is 21.4. The minimum absolute atomic E-state index is 0.0575. The van der Waals surface area contributed by atoms with E-state index in [0.29, 0.717) is 17.9 Å². The molecule has 1 aromatic rings. The van der Waals surface area contributed by atoms with Gasteiger partial charge in [0.1, 0.15) is 24.2 Å². The maximum Gasteiger partial charge on any atom is 0.305 e. The van der Waals surface area contributed by atoms with Crippen LogP contribution >= 0.6 is 0 Å². The van der Waals surface area contributed by atoms with Crippen molar-refractivity contribution in [1.29, 1.82) is 0 Å². The maximum absolute atomic E-state index is 11.6. The molecular weight excluding hydrogens is 384 g/mol. The number of benzene rings is 1. The number of carbonyl (C=O) groups excluding carboxylic acids is 3. The third-order valence-electron chi connectivity index (χ3n) is 4.29. The molecule has 0 N–H and O–H groups in total. The number of ether oxygens (including phenoxy) is 6. The van der Waals surface area contributed by atoms with E-state index < -0.39 is 42.3 Å². The summed E-state index contributed by atoms with van der Waals surface area (Å²) in [6.45, 7) is 3.99. The van der Waals surface area contributed by atoms with Gasteiger partial charge in [-0.15, -0.1) is 0 Å². The standard InChI is InChI=1S/C20H26O9/c1-12(21)26-11-18-17(9-10-25-16-7-5-15(24-4)6-8-16)19(27-13(2)22)20(29-18)28-14(3)23/h5-8,17-20H,9-11H2,1-4H3/t17-,18-,19-,20+/m1/s1. The van der Waals surface area contributed by atoms with Gasteiger partial charge in [0.25, 0.3) is 0 Å². The summed E-state index contributed by atoms with van der Waals surface area (Å²) in [7, 11) is 1.58. The van der Waals surface area contributed by atoms with Crippen molar-refractivity contribution in [2.45, 2.75) is 45.7 Å². The fourth-order valence-corrected chi connectivity index (χ4v) is 3.05. The first-order chi connectivity index (χ1) is 13.8. The van der Waals surface area contributed by atoms with Crippen LogP contribution < -0.4 is 9.47 Å². The molecule has 160 valence electrons. The van der Waals surface area contributed by atoms with Crippen molar-refractivity contribution >= 4 is 17.9 Å². The Morgan fingerprint density at radius 3 is 2.10 bits per heavy atom. The number of methoxy groups -OCH3 is 1. The summed E-state index contributed by atoms with van der Waals surface area (Å²) in [5.41, 5.74) is 0. The van der Waals surface area contributed by atoms with Crippen molar-refractivity contribution in [2.75, 3.05) is 20.3 Å². The molecule has 4 atom stereocenters. The molecule has 0 radical (unpaired) electrons. The van der Waals surface area contributed by atoms with Gasteiger partial charge in [-0.1, -0.05) is 0 Å². The van der Waals surface area contributed by atoms with Crippen LogP contribution in [0.5, 0.6) is 11.5 Å². The maximum atomic E-state index is 11.6. The monoisotopic (exact) mass is 410 g/mol. The quantitative estimate of drug-likeness (QED) is 0.445. The summed E-state index contributed by atoms with van der Waals surface area (Å²) in [6, 6.07) is 7.09. The third kappa shape index (κ3) is 6.94. The van der Waals surface area contributed by atoms with Gasteiger partial charge >= 0.3 is 17.9 Å². The first-order valence-electron chi connectivity index (χ1n) is 9.20. The third-order valence-corrected chi connectivity index (χ3v) is 4.29. The zero-order valence-corrected chi connectivity index (χ0v) is 16.9. The van der Waals surface area contributed by atoms with Crippen LogP contribution in [0, 0.1) is 5.92 Å². The van der Waals surface area contributed by atoms with Gasteiger partial charge in [0.2, 0.25) is 6.29 Å². The lowest BCUT2D eigenvalue weighted by Gasteiger charge is -2.23. The molecule has 0 unspecified atom stereocenters. The smallest absolute Gasteiger partial charge is 0.305 e. The van der Waals surface area contributed by atoms with Gasteiger partial charge in [-0.05, 0) is 30.7 Å². The van der Waals surface area contributed by atoms with E-state index in [1.807, 2.05) is 0 Å². The molecule has 1 heterocycles. The van der Waals surface area contributed by atoms with E-state index in [2.05, 4.69) is 0 Å². The fraction of sp³-hybridized carbons (Fsp3) is 0.550.